The van der Waals surface area contributed by atoms with Gasteiger partial charge in [0.1, 0.15) is 5.75 Å². The van der Waals surface area contributed by atoms with Crippen molar-refractivity contribution in [3.8, 4) is 5.75 Å². The lowest BCUT2D eigenvalue weighted by atomic mass is 10.1. The van der Waals surface area contributed by atoms with Gasteiger partial charge in [0.2, 0.25) is 0 Å². The fourth-order valence-electron chi connectivity index (χ4n) is 1.95. The van der Waals surface area contributed by atoms with Gasteiger partial charge in [0.15, 0.2) is 0 Å². The Morgan fingerprint density at radius 3 is 2.65 bits per heavy atom. The van der Waals surface area contributed by atoms with E-state index in [1.165, 1.54) is 6.42 Å². The Morgan fingerprint density at radius 1 is 1.24 bits per heavy atom. The van der Waals surface area contributed by atoms with Gasteiger partial charge in [-0.25, -0.2) is 0 Å². The van der Waals surface area contributed by atoms with Crippen LogP contribution in [0.2, 0.25) is 0 Å². The first kappa shape index (κ1) is 13.9. The van der Waals surface area contributed by atoms with Gasteiger partial charge in [0, 0.05) is 17.8 Å². The van der Waals surface area contributed by atoms with Crippen LogP contribution in [0.5, 0.6) is 5.75 Å². The molecule has 0 spiro atoms. The van der Waals surface area contributed by atoms with E-state index in [-0.39, 0.29) is 0 Å². The van der Waals surface area contributed by atoms with Crippen molar-refractivity contribution in [2.24, 2.45) is 5.92 Å². The van der Waals surface area contributed by atoms with E-state index in [1.807, 2.05) is 12.1 Å². The molecule has 2 heteroatoms. The van der Waals surface area contributed by atoms with E-state index < -0.39 is 0 Å². The van der Waals surface area contributed by atoms with E-state index >= 15 is 0 Å². The highest BCUT2D eigenvalue weighted by atomic mass is 16.5. The zero-order valence-corrected chi connectivity index (χ0v) is 11.5. The van der Waals surface area contributed by atoms with Crippen LogP contribution in [0.3, 0.4) is 0 Å². The first-order chi connectivity index (χ1) is 8.11. The first-order valence-corrected chi connectivity index (χ1v) is 6.61. The molecule has 2 nitrogen and oxygen atoms in total. The molecule has 0 amide bonds. The van der Waals surface area contributed by atoms with Crippen LogP contribution >= 0.6 is 0 Å². The van der Waals surface area contributed by atoms with Crippen molar-refractivity contribution >= 4 is 5.69 Å². The van der Waals surface area contributed by atoms with Crippen molar-refractivity contribution in [2.75, 3.05) is 11.9 Å². The van der Waals surface area contributed by atoms with Gasteiger partial charge in [0.25, 0.3) is 0 Å². The highest BCUT2D eigenvalue weighted by Crippen LogP contribution is 2.19. The monoisotopic (exact) mass is 235 g/mol. The maximum absolute atomic E-state index is 5.62. The molecule has 1 rings (SSSR count). The van der Waals surface area contributed by atoms with Gasteiger partial charge in [-0.2, -0.15) is 0 Å². The van der Waals surface area contributed by atoms with E-state index in [2.05, 4.69) is 45.1 Å². The summed E-state index contributed by atoms with van der Waals surface area (Å²) >= 11 is 0. The topological polar surface area (TPSA) is 21.3 Å². The third-order valence-corrected chi connectivity index (χ3v) is 2.54. The molecule has 1 atom stereocenters. The van der Waals surface area contributed by atoms with Crippen LogP contribution < -0.4 is 10.1 Å². The molecule has 96 valence electrons. The van der Waals surface area contributed by atoms with Crippen LogP contribution in [0, 0.1) is 5.92 Å². The minimum absolute atomic E-state index is 0.497. The molecule has 0 aromatic heterocycles. The lowest BCUT2D eigenvalue weighted by Gasteiger charge is -2.17. The minimum Gasteiger partial charge on any atom is -0.494 e. The van der Waals surface area contributed by atoms with Crippen molar-refractivity contribution in [2.45, 2.75) is 46.6 Å². The summed E-state index contributed by atoms with van der Waals surface area (Å²) in [5, 5.41) is 3.51. The predicted molar refractivity (Wildman–Crippen MR) is 74.8 cm³/mol. The predicted octanol–water partition coefficient (Wildman–Crippen LogP) is 4.32. The highest BCUT2D eigenvalue weighted by molar-refractivity contribution is 5.48. The molecular weight excluding hydrogens is 210 g/mol. The maximum Gasteiger partial charge on any atom is 0.121 e. The molecule has 0 heterocycles. The number of rotatable bonds is 7. The van der Waals surface area contributed by atoms with Gasteiger partial charge in [-0.05, 0) is 37.8 Å². The average molecular weight is 235 g/mol. The highest BCUT2D eigenvalue weighted by Gasteiger charge is 2.05. The molecule has 0 saturated carbocycles. The summed E-state index contributed by atoms with van der Waals surface area (Å²) in [4.78, 5) is 0. The summed E-state index contributed by atoms with van der Waals surface area (Å²) in [7, 11) is 0. The van der Waals surface area contributed by atoms with E-state index in [4.69, 9.17) is 4.74 Å². The summed E-state index contributed by atoms with van der Waals surface area (Å²) in [6, 6.07) is 8.71. The summed E-state index contributed by atoms with van der Waals surface area (Å²) in [6.07, 6.45) is 2.22. The lowest BCUT2D eigenvalue weighted by molar-refractivity contribution is 0.317. The first-order valence-electron chi connectivity index (χ1n) is 6.61. The third kappa shape index (κ3) is 5.62. The second-order valence-electron chi connectivity index (χ2n) is 5.05. The molecule has 1 N–H and O–H groups in total. The van der Waals surface area contributed by atoms with Crippen LogP contribution in [-0.4, -0.2) is 12.6 Å². The van der Waals surface area contributed by atoms with Crippen LogP contribution in [0.4, 0.5) is 5.69 Å². The number of ether oxygens (including phenoxy) is 1. The molecule has 17 heavy (non-hydrogen) atoms. The van der Waals surface area contributed by atoms with Crippen LogP contribution in [0.15, 0.2) is 24.3 Å². The number of hydrogen-bond acceptors (Lipinski definition) is 2. The molecule has 0 bridgehead atoms. The fourth-order valence-corrected chi connectivity index (χ4v) is 1.95. The second-order valence-corrected chi connectivity index (χ2v) is 5.05. The molecule has 0 aliphatic rings. The van der Waals surface area contributed by atoms with Gasteiger partial charge >= 0.3 is 0 Å². The molecule has 1 aromatic carbocycles. The maximum atomic E-state index is 5.62. The van der Waals surface area contributed by atoms with Gasteiger partial charge in [0.05, 0.1) is 6.61 Å². The second kappa shape index (κ2) is 7.21. The van der Waals surface area contributed by atoms with Crippen LogP contribution in [0.1, 0.15) is 40.5 Å². The van der Waals surface area contributed by atoms with Crippen molar-refractivity contribution in [3.05, 3.63) is 24.3 Å². The molecule has 0 aliphatic heterocycles. The third-order valence-electron chi connectivity index (χ3n) is 2.54. The van der Waals surface area contributed by atoms with E-state index in [9.17, 15) is 0 Å². The van der Waals surface area contributed by atoms with Crippen molar-refractivity contribution in [1.82, 2.24) is 0 Å². The van der Waals surface area contributed by atoms with Gasteiger partial charge in [-0.3, -0.25) is 0 Å². The molecule has 0 fully saturated rings. The average Bonchev–Trinajstić information content (AvgIpc) is 2.25. The smallest absolute Gasteiger partial charge is 0.121 e. The quantitative estimate of drug-likeness (QED) is 0.760. The zero-order chi connectivity index (χ0) is 12.7. The Kier molecular flexibility index (Phi) is 5.88. The van der Waals surface area contributed by atoms with Crippen LogP contribution in [-0.2, 0) is 0 Å². The number of hydrogen-bond donors (Lipinski definition) is 1. The standard InChI is InChI=1S/C15H25NO/c1-5-9-17-15-8-6-7-14(11-15)16-13(4)10-12(2)3/h6-8,11-13,16H,5,9-10H2,1-4H3. The van der Waals surface area contributed by atoms with Crippen molar-refractivity contribution in [1.29, 1.82) is 0 Å². The van der Waals surface area contributed by atoms with Crippen molar-refractivity contribution in [3.63, 3.8) is 0 Å². The molecule has 1 aromatic rings. The fraction of sp³-hybridized carbons (Fsp3) is 0.600. The minimum atomic E-state index is 0.497. The molecular formula is C15H25NO. The van der Waals surface area contributed by atoms with Crippen LogP contribution in [0.25, 0.3) is 0 Å². The Bertz CT molecular complexity index is 322. The summed E-state index contributed by atoms with van der Waals surface area (Å²) < 4.78 is 5.62. The summed E-state index contributed by atoms with van der Waals surface area (Å²) in [5.74, 6) is 1.67. The molecule has 0 saturated heterocycles. The van der Waals surface area contributed by atoms with E-state index in [0.717, 1.165) is 30.4 Å². The van der Waals surface area contributed by atoms with Gasteiger partial charge in [-0.15, -0.1) is 0 Å². The Morgan fingerprint density at radius 2 is 2.00 bits per heavy atom. The molecule has 0 aliphatic carbocycles. The Hall–Kier alpha value is -1.18. The zero-order valence-electron chi connectivity index (χ0n) is 11.5. The molecule has 0 radical (unpaired) electrons. The normalized spacial score (nSPS) is 12.5. The Balaban J connectivity index is 2.52. The molecule has 1 unspecified atom stereocenters. The largest absolute Gasteiger partial charge is 0.494 e. The van der Waals surface area contributed by atoms with Gasteiger partial charge in [-0.1, -0.05) is 26.8 Å². The number of anilines is 1. The van der Waals surface area contributed by atoms with E-state index in [0.29, 0.717) is 6.04 Å². The van der Waals surface area contributed by atoms with Crippen molar-refractivity contribution < 1.29 is 4.74 Å². The van der Waals surface area contributed by atoms with Gasteiger partial charge < -0.3 is 10.1 Å². The Labute approximate surface area is 105 Å². The summed E-state index contributed by atoms with van der Waals surface area (Å²) in [5.41, 5.74) is 1.15. The lowest BCUT2D eigenvalue weighted by Crippen LogP contribution is -2.17. The SMILES string of the molecule is CCCOc1cccc(NC(C)CC(C)C)c1. The van der Waals surface area contributed by atoms with E-state index in [1.54, 1.807) is 0 Å². The number of benzene rings is 1. The number of nitrogens with one attached hydrogen (secondary N) is 1. The summed E-state index contributed by atoms with van der Waals surface area (Å²) in [6.45, 7) is 9.62.